The molecule has 1 fully saturated rings. The van der Waals surface area contributed by atoms with Gasteiger partial charge < -0.3 is 10.6 Å². The Balaban J connectivity index is 2.26. The molecule has 0 amide bonds. The minimum absolute atomic E-state index is 0.557. The van der Waals surface area contributed by atoms with Gasteiger partial charge in [0.25, 0.3) is 0 Å². The molecule has 0 aromatic heterocycles. The number of rotatable bonds is 2. The van der Waals surface area contributed by atoms with Crippen LogP contribution in [0.15, 0.2) is 18.2 Å². The molecule has 0 saturated carbocycles. The number of hydrogen-bond acceptors (Lipinski definition) is 2. The number of anilines is 1. The predicted octanol–water partition coefficient (Wildman–Crippen LogP) is 3.43. The summed E-state index contributed by atoms with van der Waals surface area (Å²) in [6.07, 6.45) is 3.81. The van der Waals surface area contributed by atoms with Gasteiger partial charge in [0.2, 0.25) is 0 Å². The van der Waals surface area contributed by atoms with Gasteiger partial charge in [-0.05, 0) is 36.8 Å². The SMILES string of the molecule is CC1CCCN(c2c(Cl)cccc2CN)CC1. The van der Waals surface area contributed by atoms with Crippen LogP contribution in [0.25, 0.3) is 0 Å². The molecule has 1 aliphatic rings. The fourth-order valence-corrected chi connectivity index (χ4v) is 2.88. The highest BCUT2D eigenvalue weighted by Gasteiger charge is 2.18. The van der Waals surface area contributed by atoms with E-state index in [1.54, 1.807) is 0 Å². The van der Waals surface area contributed by atoms with Gasteiger partial charge in [0.05, 0.1) is 10.7 Å². The average molecular weight is 253 g/mol. The number of nitrogens with two attached hydrogens (primary N) is 1. The summed E-state index contributed by atoms with van der Waals surface area (Å²) in [6.45, 7) is 5.08. The van der Waals surface area contributed by atoms with Gasteiger partial charge in [-0.15, -0.1) is 0 Å². The van der Waals surface area contributed by atoms with Gasteiger partial charge in [-0.2, -0.15) is 0 Å². The lowest BCUT2D eigenvalue weighted by Crippen LogP contribution is -2.26. The zero-order valence-electron chi connectivity index (χ0n) is 10.5. The Hall–Kier alpha value is -0.730. The Morgan fingerprint density at radius 2 is 2.18 bits per heavy atom. The maximum absolute atomic E-state index is 6.33. The van der Waals surface area contributed by atoms with E-state index in [1.807, 2.05) is 12.1 Å². The summed E-state index contributed by atoms with van der Waals surface area (Å²) < 4.78 is 0. The largest absolute Gasteiger partial charge is 0.370 e. The van der Waals surface area contributed by atoms with Gasteiger partial charge in [0, 0.05) is 19.6 Å². The molecule has 1 aromatic rings. The Morgan fingerprint density at radius 3 is 2.94 bits per heavy atom. The topological polar surface area (TPSA) is 29.3 Å². The van der Waals surface area contributed by atoms with Crippen LogP contribution in [0, 0.1) is 5.92 Å². The lowest BCUT2D eigenvalue weighted by atomic mass is 10.0. The molecule has 0 radical (unpaired) electrons. The molecular weight excluding hydrogens is 232 g/mol. The van der Waals surface area contributed by atoms with Crippen molar-refractivity contribution in [1.82, 2.24) is 0 Å². The zero-order valence-corrected chi connectivity index (χ0v) is 11.2. The summed E-state index contributed by atoms with van der Waals surface area (Å²) in [5, 5.41) is 0.836. The van der Waals surface area contributed by atoms with Crippen molar-refractivity contribution in [1.29, 1.82) is 0 Å². The van der Waals surface area contributed by atoms with Crippen molar-refractivity contribution < 1.29 is 0 Å². The third-order valence-corrected chi connectivity index (χ3v) is 3.93. The van der Waals surface area contributed by atoms with E-state index in [1.165, 1.54) is 19.3 Å². The molecule has 0 spiro atoms. The summed E-state index contributed by atoms with van der Waals surface area (Å²) >= 11 is 6.33. The van der Waals surface area contributed by atoms with Crippen LogP contribution in [0.4, 0.5) is 5.69 Å². The molecule has 0 aliphatic carbocycles. The summed E-state index contributed by atoms with van der Waals surface area (Å²) in [7, 11) is 0. The third kappa shape index (κ3) is 2.93. The van der Waals surface area contributed by atoms with Gasteiger partial charge in [0.15, 0.2) is 0 Å². The maximum Gasteiger partial charge on any atom is 0.0642 e. The maximum atomic E-state index is 6.33. The van der Waals surface area contributed by atoms with Crippen molar-refractivity contribution >= 4 is 17.3 Å². The molecule has 1 saturated heterocycles. The van der Waals surface area contributed by atoms with Crippen LogP contribution >= 0.6 is 11.6 Å². The second-order valence-electron chi connectivity index (χ2n) is 4.97. The van der Waals surface area contributed by atoms with E-state index in [0.29, 0.717) is 6.54 Å². The van der Waals surface area contributed by atoms with Crippen LogP contribution in [-0.2, 0) is 6.54 Å². The Bertz CT molecular complexity index is 378. The zero-order chi connectivity index (χ0) is 12.3. The normalized spacial score (nSPS) is 21.4. The molecule has 1 unspecified atom stereocenters. The van der Waals surface area contributed by atoms with Crippen LogP contribution in [0.5, 0.6) is 0 Å². The van der Waals surface area contributed by atoms with Crippen LogP contribution in [0.3, 0.4) is 0 Å². The third-order valence-electron chi connectivity index (χ3n) is 3.62. The van der Waals surface area contributed by atoms with E-state index < -0.39 is 0 Å². The van der Waals surface area contributed by atoms with Crippen LogP contribution < -0.4 is 10.6 Å². The van der Waals surface area contributed by atoms with Crippen molar-refractivity contribution in [3.05, 3.63) is 28.8 Å². The van der Waals surface area contributed by atoms with Crippen molar-refractivity contribution in [2.24, 2.45) is 11.7 Å². The van der Waals surface area contributed by atoms with Gasteiger partial charge in [-0.3, -0.25) is 0 Å². The molecule has 94 valence electrons. The number of hydrogen-bond donors (Lipinski definition) is 1. The Kier molecular flexibility index (Phi) is 4.30. The van der Waals surface area contributed by atoms with Crippen molar-refractivity contribution in [2.45, 2.75) is 32.7 Å². The lowest BCUT2D eigenvalue weighted by Gasteiger charge is -2.26. The van der Waals surface area contributed by atoms with E-state index in [0.717, 1.165) is 35.3 Å². The molecule has 1 aliphatic heterocycles. The molecular formula is C14H21ClN2. The van der Waals surface area contributed by atoms with Crippen LogP contribution in [0.1, 0.15) is 31.7 Å². The van der Waals surface area contributed by atoms with E-state index in [4.69, 9.17) is 17.3 Å². The Morgan fingerprint density at radius 1 is 1.35 bits per heavy atom. The van der Waals surface area contributed by atoms with Crippen molar-refractivity contribution in [3.63, 3.8) is 0 Å². The highest BCUT2D eigenvalue weighted by atomic mass is 35.5. The van der Waals surface area contributed by atoms with Gasteiger partial charge in [-0.25, -0.2) is 0 Å². The standard InChI is InChI=1S/C14H21ClN2/c1-11-4-3-8-17(9-7-11)14-12(10-16)5-2-6-13(14)15/h2,5-6,11H,3-4,7-10,16H2,1H3. The van der Waals surface area contributed by atoms with Crippen molar-refractivity contribution in [3.8, 4) is 0 Å². The van der Waals surface area contributed by atoms with E-state index in [2.05, 4.69) is 17.9 Å². The summed E-state index contributed by atoms with van der Waals surface area (Å²) in [5.41, 5.74) is 8.12. The molecule has 1 heterocycles. The van der Waals surface area contributed by atoms with E-state index in [9.17, 15) is 0 Å². The highest BCUT2D eigenvalue weighted by molar-refractivity contribution is 6.33. The Labute approximate surface area is 109 Å². The van der Waals surface area contributed by atoms with Gasteiger partial charge >= 0.3 is 0 Å². The van der Waals surface area contributed by atoms with Gasteiger partial charge in [0.1, 0.15) is 0 Å². The lowest BCUT2D eigenvalue weighted by molar-refractivity contribution is 0.521. The first-order chi connectivity index (χ1) is 8.22. The highest BCUT2D eigenvalue weighted by Crippen LogP contribution is 2.32. The molecule has 2 nitrogen and oxygen atoms in total. The first-order valence-corrected chi connectivity index (χ1v) is 6.82. The number of halogens is 1. The van der Waals surface area contributed by atoms with Crippen LogP contribution in [0.2, 0.25) is 5.02 Å². The number of para-hydroxylation sites is 1. The summed E-state index contributed by atoms with van der Waals surface area (Å²) in [6, 6.07) is 6.02. The fourth-order valence-electron chi connectivity index (χ4n) is 2.57. The average Bonchev–Trinajstić information content (AvgIpc) is 2.54. The minimum Gasteiger partial charge on any atom is -0.370 e. The molecule has 17 heavy (non-hydrogen) atoms. The second kappa shape index (κ2) is 5.74. The first kappa shape index (κ1) is 12.7. The molecule has 3 heteroatoms. The predicted molar refractivity (Wildman–Crippen MR) is 74.6 cm³/mol. The smallest absolute Gasteiger partial charge is 0.0642 e. The molecule has 1 aromatic carbocycles. The monoisotopic (exact) mass is 252 g/mol. The summed E-state index contributed by atoms with van der Waals surface area (Å²) in [5.74, 6) is 0.823. The molecule has 2 N–H and O–H groups in total. The quantitative estimate of drug-likeness (QED) is 0.874. The molecule has 0 bridgehead atoms. The fraction of sp³-hybridized carbons (Fsp3) is 0.571. The van der Waals surface area contributed by atoms with Crippen LogP contribution in [-0.4, -0.2) is 13.1 Å². The summed E-state index contributed by atoms with van der Waals surface area (Å²) in [4.78, 5) is 2.41. The second-order valence-corrected chi connectivity index (χ2v) is 5.38. The number of benzene rings is 1. The van der Waals surface area contributed by atoms with Gasteiger partial charge in [-0.1, -0.05) is 30.7 Å². The molecule has 2 rings (SSSR count). The molecule has 1 atom stereocenters. The minimum atomic E-state index is 0.557. The van der Waals surface area contributed by atoms with E-state index in [-0.39, 0.29) is 0 Å². The first-order valence-electron chi connectivity index (χ1n) is 6.44. The van der Waals surface area contributed by atoms with E-state index >= 15 is 0 Å². The number of nitrogens with zero attached hydrogens (tertiary/aromatic N) is 1. The van der Waals surface area contributed by atoms with Crippen molar-refractivity contribution in [2.75, 3.05) is 18.0 Å².